The third kappa shape index (κ3) is 2.51. The van der Waals surface area contributed by atoms with E-state index in [9.17, 15) is 13.6 Å². The van der Waals surface area contributed by atoms with E-state index in [1.807, 2.05) is 13.8 Å². The molecule has 1 aliphatic heterocycles. The molecule has 0 bridgehead atoms. The van der Waals surface area contributed by atoms with Gasteiger partial charge in [0.1, 0.15) is 0 Å². The number of nitrogens with one attached hydrogen (secondary N) is 1. The van der Waals surface area contributed by atoms with Crippen LogP contribution in [-0.2, 0) is 4.79 Å². The van der Waals surface area contributed by atoms with Crippen LogP contribution in [0, 0.1) is 0 Å². The molecule has 1 rings (SSSR count). The Morgan fingerprint density at radius 1 is 1.50 bits per heavy atom. The highest BCUT2D eigenvalue weighted by atomic mass is 19.3. The van der Waals surface area contributed by atoms with Crippen molar-refractivity contribution in [3.05, 3.63) is 0 Å². The summed E-state index contributed by atoms with van der Waals surface area (Å²) in [6, 6.07) is 0. The fourth-order valence-electron chi connectivity index (χ4n) is 2.08. The molecule has 0 saturated carbocycles. The maximum atomic E-state index is 12.4. The molecule has 0 radical (unpaired) electrons. The van der Waals surface area contributed by atoms with Gasteiger partial charge >= 0.3 is 0 Å². The molecule has 2 unspecified atom stereocenters. The summed E-state index contributed by atoms with van der Waals surface area (Å²) in [5.74, 6) is -0.200. The second-order valence-electron chi connectivity index (χ2n) is 4.48. The Kier molecular flexibility index (Phi) is 4.24. The van der Waals surface area contributed by atoms with Gasteiger partial charge in [0.2, 0.25) is 5.91 Å². The number of alkyl halides is 2. The van der Waals surface area contributed by atoms with Crippen molar-refractivity contribution < 1.29 is 13.6 Å². The van der Waals surface area contributed by atoms with E-state index in [0.29, 0.717) is 12.8 Å². The van der Waals surface area contributed by atoms with Crippen molar-refractivity contribution in [2.75, 3.05) is 6.54 Å². The molecule has 0 aliphatic carbocycles. The van der Waals surface area contributed by atoms with E-state index in [1.165, 1.54) is 4.90 Å². The lowest BCUT2D eigenvalue weighted by atomic mass is 9.99. The quantitative estimate of drug-likeness (QED) is 0.789. The molecule has 1 aliphatic rings. The van der Waals surface area contributed by atoms with E-state index in [-0.39, 0.29) is 12.1 Å². The first-order valence-electron chi connectivity index (χ1n) is 5.81. The van der Waals surface area contributed by atoms with Gasteiger partial charge in [-0.1, -0.05) is 20.3 Å². The van der Waals surface area contributed by atoms with Crippen LogP contribution in [0.4, 0.5) is 8.78 Å². The Bertz CT molecular complexity index is 260. The molecular weight excluding hydrogens is 214 g/mol. The molecule has 0 spiro atoms. The topological polar surface area (TPSA) is 32.3 Å². The van der Waals surface area contributed by atoms with E-state index >= 15 is 0 Å². The SMILES string of the molecule is CCCC1NC(C)(CC)C(=O)N1CC(F)F. The maximum absolute atomic E-state index is 12.4. The Morgan fingerprint density at radius 2 is 2.12 bits per heavy atom. The molecule has 94 valence electrons. The summed E-state index contributed by atoms with van der Waals surface area (Å²) in [4.78, 5) is 13.3. The second-order valence-corrected chi connectivity index (χ2v) is 4.48. The Labute approximate surface area is 95.2 Å². The monoisotopic (exact) mass is 234 g/mol. The van der Waals surface area contributed by atoms with Gasteiger partial charge in [0.05, 0.1) is 18.2 Å². The van der Waals surface area contributed by atoms with Gasteiger partial charge < -0.3 is 4.90 Å². The minimum absolute atomic E-state index is 0.200. The number of halogens is 2. The van der Waals surface area contributed by atoms with E-state index < -0.39 is 18.5 Å². The van der Waals surface area contributed by atoms with Crippen molar-refractivity contribution in [1.29, 1.82) is 0 Å². The summed E-state index contributed by atoms with van der Waals surface area (Å²) >= 11 is 0. The molecule has 1 saturated heterocycles. The third-order valence-corrected chi connectivity index (χ3v) is 3.20. The predicted molar refractivity (Wildman–Crippen MR) is 58.2 cm³/mol. The Morgan fingerprint density at radius 3 is 2.56 bits per heavy atom. The summed E-state index contributed by atoms with van der Waals surface area (Å²) in [6.45, 7) is 5.18. The molecule has 1 N–H and O–H groups in total. The van der Waals surface area contributed by atoms with Crippen molar-refractivity contribution in [3.8, 4) is 0 Å². The first kappa shape index (κ1) is 13.4. The van der Waals surface area contributed by atoms with Gasteiger partial charge in [0, 0.05) is 0 Å². The lowest BCUT2D eigenvalue weighted by Gasteiger charge is -2.23. The standard InChI is InChI=1S/C11H20F2N2O/c1-4-6-9-14-11(3,5-2)10(16)15(9)7-8(12)13/h8-9,14H,4-7H2,1-3H3. The van der Waals surface area contributed by atoms with Crippen LogP contribution < -0.4 is 5.32 Å². The third-order valence-electron chi connectivity index (χ3n) is 3.20. The zero-order valence-electron chi connectivity index (χ0n) is 10.1. The highest BCUT2D eigenvalue weighted by Gasteiger charge is 2.46. The fourth-order valence-corrected chi connectivity index (χ4v) is 2.08. The number of carbonyl (C=O) groups excluding carboxylic acids is 1. The van der Waals surface area contributed by atoms with Crippen LogP contribution in [0.25, 0.3) is 0 Å². The Hall–Kier alpha value is -0.710. The normalized spacial score (nSPS) is 30.5. The van der Waals surface area contributed by atoms with Crippen LogP contribution in [-0.4, -0.2) is 35.5 Å². The molecule has 0 aromatic carbocycles. The smallest absolute Gasteiger partial charge is 0.255 e. The molecule has 0 aromatic heterocycles. The average molecular weight is 234 g/mol. The van der Waals surface area contributed by atoms with E-state index in [2.05, 4.69) is 5.32 Å². The molecule has 1 amide bonds. The largest absolute Gasteiger partial charge is 0.320 e. The number of carbonyl (C=O) groups is 1. The van der Waals surface area contributed by atoms with Crippen LogP contribution in [0.5, 0.6) is 0 Å². The van der Waals surface area contributed by atoms with Gasteiger partial charge in [-0.15, -0.1) is 0 Å². The lowest BCUT2D eigenvalue weighted by molar-refractivity contribution is -0.134. The molecule has 16 heavy (non-hydrogen) atoms. The molecule has 0 aromatic rings. The summed E-state index contributed by atoms with van der Waals surface area (Å²) in [7, 11) is 0. The van der Waals surface area contributed by atoms with Crippen LogP contribution in [0.1, 0.15) is 40.0 Å². The van der Waals surface area contributed by atoms with E-state index in [4.69, 9.17) is 0 Å². The number of nitrogens with zero attached hydrogens (tertiary/aromatic N) is 1. The van der Waals surface area contributed by atoms with Crippen molar-refractivity contribution in [2.24, 2.45) is 0 Å². The second kappa shape index (κ2) is 5.08. The van der Waals surface area contributed by atoms with Gasteiger partial charge in [-0.2, -0.15) is 0 Å². The molecule has 1 heterocycles. The van der Waals surface area contributed by atoms with E-state index in [1.54, 1.807) is 6.92 Å². The lowest BCUT2D eigenvalue weighted by Crippen LogP contribution is -2.43. The number of amides is 1. The minimum Gasteiger partial charge on any atom is -0.320 e. The summed E-state index contributed by atoms with van der Waals surface area (Å²) in [5.41, 5.74) is -0.672. The number of rotatable bonds is 5. The zero-order valence-corrected chi connectivity index (χ0v) is 10.1. The van der Waals surface area contributed by atoms with Gasteiger partial charge in [-0.3, -0.25) is 10.1 Å². The van der Waals surface area contributed by atoms with Crippen molar-refractivity contribution >= 4 is 5.91 Å². The van der Waals surface area contributed by atoms with Crippen LogP contribution >= 0.6 is 0 Å². The number of hydrogen-bond donors (Lipinski definition) is 1. The van der Waals surface area contributed by atoms with Crippen LogP contribution in [0.3, 0.4) is 0 Å². The predicted octanol–water partition coefficient (Wildman–Crippen LogP) is 1.98. The average Bonchev–Trinajstić information content (AvgIpc) is 2.44. The highest BCUT2D eigenvalue weighted by Crippen LogP contribution is 2.26. The van der Waals surface area contributed by atoms with Gasteiger partial charge in [-0.05, 0) is 19.8 Å². The summed E-state index contributed by atoms with van der Waals surface area (Å²) in [5, 5.41) is 3.17. The first-order chi connectivity index (χ1) is 7.44. The van der Waals surface area contributed by atoms with Crippen molar-refractivity contribution in [3.63, 3.8) is 0 Å². The molecule has 3 nitrogen and oxygen atoms in total. The molecule has 5 heteroatoms. The molecule has 2 atom stereocenters. The highest BCUT2D eigenvalue weighted by molar-refractivity contribution is 5.88. The minimum atomic E-state index is -2.47. The number of hydrogen-bond acceptors (Lipinski definition) is 2. The summed E-state index contributed by atoms with van der Waals surface area (Å²) in [6.07, 6.45) is -0.509. The van der Waals surface area contributed by atoms with Crippen LogP contribution in [0.15, 0.2) is 0 Å². The fraction of sp³-hybridized carbons (Fsp3) is 0.909. The molecular formula is C11H20F2N2O. The molecule has 1 fully saturated rings. The van der Waals surface area contributed by atoms with Gasteiger partial charge in [-0.25, -0.2) is 8.78 Å². The Balaban J connectivity index is 2.80. The maximum Gasteiger partial charge on any atom is 0.255 e. The van der Waals surface area contributed by atoms with E-state index in [0.717, 1.165) is 6.42 Å². The van der Waals surface area contributed by atoms with Gasteiger partial charge in [0.15, 0.2) is 0 Å². The van der Waals surface area contributed by atoms with Crippen molar-refractivity contribution in [2.45, 2.75) is 58.2 Å². The first-order valence-corrected chi connectivity index (χ1v) is 5.81. The van der Waals surface area contributed by atoms with Crippen LogP contribution in [0.2, 0.25) is 0 Å². The van der Waals surface area contributed by atoms with Crippen molar-refractivity contribution in [1.82, 2.24) is 10.2 Å². The van der Waals surface area contributed by atoms with Gasteiger partial charge in [0.25, 0.3) is 6.43 Å². The zero-order chi connectivity index (χ0) is 12.3. The summed E-state index contributed by atoms with van der Waals surface area (Å²) < 4.78 is 24.8.